The lowest BCUT2D eigenvalue weighted by Crippen LogP contribution is -2.33. The van der Waals surface area contributed by atoms with Crippen LogP contribution < -0.4 is 15.1 Å². The number of aromatic nitrogens is 4. The van der Waals surface area contributed by atoms with Crippen LogP contribution in [0.15, 0.2) is 41.4 Å². The second kappa shape index (κ2) is 12.3. The van der Waals surface area contributed by atoms with Gasteiger partial charge in [-0.1, -0.05) is 18.4 Å². The molecule has 3 rings (SSSR count). The fourth-order valence-corrected chi connectivity index (χ4v) is 3.41. The smallest absolute Gasteiger partial charge is 0.311 e. The summed E-state index contributed by atoms with van der Waals surface area (Å²) in [5, 5.41) is 30.7. The van der Waals surface area contributed by atoms with E-state index >= 15 is 0 Å². The van der Waals surface area contributed by atoms with E-state index in [0.717, 1.165) is 23.2 Å². The number of unbranched alkanes of at least 4 members (excludes halogenated alkanes) is 1. The van der Waals surface area contributed by atoms with E-state index in [1.165, 1.54) is 29.1 Å². The number of nitro groups is 2. The molecule has 0 radical (unpaired) electrons. The molecule has 1 aromatic heterocycles. The van der Waals surface area contributed by atoms with Crippen molar-refractivity contribution in [3.05, 3.63) is 73.4 Å². The first-order valence-corrected chi connectivity index (χ1v) is 11.7. The van der Waals surface area contributed by atoms with Gasteiger partial charge in [0.2, 0.25) is 0 Å². The summed E-state index contributed by atoms with van der Waals surface area (Å²) in [6.07, 6.45) is 1.36. The van der Waals surface area contributed by atoms with E-state index in [4.69, 9.17) is 9.47 Å². The van der Waals surface area contributed by atoms with Gasteiger partial charge in [-0.05, 0) is 49.7 Å². The minimum Gasteiger partial charge on any atom is -0.487 e. The number of amides is 1. The Balaban J connectivity index is 2.10. The molecule has 0 N–H and O–H groups in total. The Kier molecular flexibility index (Phi) is 8.97. The number of benzene rings is 2. The molecule has 3 aromatic rings. The molecule has 0 unspecified atom stereocenters. The SMILES string of the molecule is CCCCn1nnc(=NC(=O)c2ccc(OCC)c([N+](=O)[O-])c2)n1C(=O)c1ccc(OCC)c([N+](=O)[O-])c1. The van der Waals surface area contributed by atoms with E-state index in [-0.39, 0.29) is 42.4 Å². The van der Waals surface area contributed by atoms with Crippen LogP contribution in [0.25, 0.3) is 0 Å². The van der Waals surface area contributed by atoms with Crippen molar-refractivity contribution in [1.29, 1.82) is 0 Å². The number of rotatable bonds is 11. The van der Waals surface area contributed by atoms with Crippen LogP contribution >= 0.6 is 0 Å². The third kappa shape index (κ3) is 6.05. The average Bonchev–Trinajstić information content (AvgIpc) is 3.29. The maximum Gasteiger partial charge on any atom is 0.311 e. The standard InChI is InChI=1S/C23H25N7O8/c1-4-7-12-27-26-25-23(24-21(31)15-8-10-19(37-5-2)17(13-15)29(33)34)28(27)22(32)16-9-11-20(38-6-3)18(14-16)30(35)36/h8-11,13-14H,4-7,12H2,1-3H3. The predicted octanol–water partition coefficient (Wildman–Crippen LogP) is 2.92. The summed E-state index contributed by atoms with van der Waals surface area (Å²) in [4.78, 5) is 53.0. The third-order valence-electron chi connectivity index (χ3n) is 5.17. The molecule has 15 nitrogen and oxygen atoms in total. The number of hydrogen-bond acceptors (Lipinski definition) is 10. The summed E-state index contributed by atoms with van der Waals surface area (Å²) in [6, 6.07) is 7.29. The van der Waals surface area contributed by atoms with Crippen LogP contribution in [-0.2, 0) is 6.54 Å². The van der Waals surface area contributed by atoms with Crippen molar-refractivity contribution >= 4 is 23.2 Å². The highest BCUT2D eigenvalue weighted by atomic mass is 16.6. The first-order valence-electron chi connectivity index (χ1n) is 11.7. The van der Waals surface area contributed by atoms with Crippen LogP contribution in [-0.4, -0.2) is 54.7 Å². The highest BCUT2D eigenvalue weighted by molar-refractivity contribution is 5.97. The third-order valence-corrected chi connectivity index (χ3v) is 5.17. The molecule has 0 saturated carbocycles. The van der Waals surface area contributed by atoms with E-state index in [9.17, 15) is 29.8 Å². The molecule has 0 aliphatic rings. The van der Waals surface area contributed by atoms with Gasteiger partial charge in [-0.2, -0.15) is 14.5 Å². The van der Waals surface area contributed by atoms with Crippen molar-refractivity contribution in [1.82, 2.24) is 19.8 Å². The molecule has 38 heavy (non-hydrogen) atoms. The lowest BCUT2D eigenvalue weighted by Gasteiger charge is -2.09. The number of hydrogen-bond donors (Lipinski definition) is 0. The van der Waals surface area contributed by atoms with E-state index in [2.05, 4.69) is 15.3 Å². The average molecular weight is 527 g/mol. The van der Waals surface area contributed by atoms with Gasteiger partial charge in [0.05, 0.1) is 29.6 Å². The molecule has 1 amide bonds. The fourth-order valence-electron chi connectivity index (χ4n) is 3.41. The topological polar surface area (TPSA) is 187 Å². The Morgan fingerprint density at radius 2 is 1.47 bits per heavy atom. The zero-order valence-electron chi connectivity index (χ0n) is 20.9. The molecular weight excluding hydrogens is 502 g/mol. The molecule has 1 heterocycles. The number of carbonyl (C=O) groups is 2. The van der Waals surface area contributed by atoms with Gasteiger partial charge in [-0.15, -0.1) is 0 Å². The molecule has 0 fully saturated rings. The molecule has 0 aliphatic carbocycles. The van der Waals surface area contributed by atoms with E-state index in [1.54, 1.807) is 13.8 Å². The molecule has 15 heteroatoms. The number of tetrazole rings is 1. The molecule has 0 saturated heterocycles. The monoisotopic (exact) mass is 527 g/mol. The second-order valence-corrected chi connectivity index (χ2v) is 7.72. The zero-order chi connectivity index (χ0) is 27.8. The Labute approximate surface area is 215 Å². The quantitative estimate of drug-likeness (QED) is 0.204. The number of nitrogens with zero attached hydrogens (tertiary/aromatic N) is 7. The van der Waals surface area contributed by atoms with Crippen LogP contribution in [0.5, 0.6) is 11.5 Å². The molecule has 200 valence electrons. The fraction of sp³-hybridized carbons (Fsp3) is 0.348. The van der Waals surface area contributed by atoms with Crippen LogP contribution in [0.2, 0.25) is 0 Å². The van der Waals surface area contributed by atoms with Gasteiger partial charge in [0.1, 0.15) is 0 Å². The molecular formula is C23H25N7O8. The van der Waals surface area contributed by atoms with Gasteiger partial charge < -0.3 is 9.47 Å². The van der Waals surface area contributed by atoms with Crippen molar-refractivity contribution in [2.75, 3.05) is 13.2 Å². The van der Waals surface area contributed by atoms with Gasteiger partial charge in [0.15, 0.2) is 11.5 Å². The minimum absolute atomic E-state index is 0.00570. The lowest BCUT2D eigenvalue weighted by atomic mass is 10.1. The first kappa shape index (κ1) is 27.6. The summed E-state index contributed by atoms with van der Waals surface area (Å²) in [5.41, 5.74) is -1.47. The first-order chi connectivity index (χ1) is 18.2. The van der Waals surface area contributed by atoms with E-state index in [0.29, 0.717) is 6.42 Å². The highest BCUT2D eigenvalue weighted by Crippen LogP contribution is 2.29. The van der Waals surface area contributed by atoms with Gasteiger partial charge in [0, 0.05) is 23.3 Å². The van der Waals surface area contributed by atoms with Gasteiger partial charge in [-0.3, -0.25) is 29.8 Å². The molecule has 2 aromatic carbocycles. The number of carbonyl (C=O) groups excluding carboxylic acids is 2. The molecule has 0 aliphatic heterocycles. The number of nitro benzene ring substituents is 2. The van der Waals surface area contributed by atoms with Crippen LogP contribution in [0.4, 0.5) is 11.4 Å². The molecule has 0 bridgehead atoms. The van der Waals surface area contributed by atoms with Crippen LogP contribution in [0, 0.1) is 20.2 Å². The lowest BCUT2D eigenvalue weighted by molar-refractivity contribution is -0.386. The van der Waals surface area contributed by atoms with E-state index < -0.39 is 38.7 Å². The summed E-state index contributed by atoms with van der Waals surface area (Å²) in [6.45, 7) is 5.87. The second-order valence-electron chi connectivity index (χ2n) is 7.72. The number of ether oxygens (including phenoxy) is 2. The number of aryl methyl sites for hydroxylation is 1. The Morgan fingerprint density at radius 3 is 2.00 bits per heavy atom. The zero-order valence-corrected chi connectivity index (χ0v) is 20.9. The molecule has 0 atom stereocenters. The maximum atomic E-state index is 13.5. The normalized spacial score (nSPS) is 11.3. The van der Waals surface area contributed by atoms with Crippen molar-refractivity contribution in [2.45, 2.75) is 40.2 Å². The Bertz CT molecular complexity index is 1440. The van der Waals surface area contributed by atoms with Gasteiger partial charge >= 0.3 is 11.4 Å². The summed E-state index contributed by atoms with van der Waals surface area (Å²) >= 11 is 0. The largest absolute Gasteiger partial charge is 0.487 e. The van der Waals surface area contributed by atoms with Gasteiger partial charge in [0.25, 0.3) is 17.4 Å². The Morgan fingerprint density at radius 1 is 0.921 bits per heavy atom. The van der Waals surface area contributed by atoms with Crippen LogP contribution in [0.3, 0.4) is 0 Å². The minimum atomic E-state index is -0.919. The summed E-state index contributed by atoms with van der Waals surface area (Å²) in [5.74, 6) is -1.71. The molecule has 0 spiro atoms. The van der Waals surface area contributed by atoms with E-state index in [1.807, 2.05) is 6.92 Å². The highest BCUT2D eigenvalue weighted by Gasteiger charge is 2.23. The Hall–Kier alpha value is -4.95. The predicted molar refractivity (Wildman–Crippen MR) is 131 cm³/mol. The summed E-state index contributed by atoms with van der Waals surface area (Å²) in [7, 11) is 0. The van der Waals surface area contributed by atoms with Crippen molar-refractivity contribution in [2.24, 2.45) is 4.99 Å². The van der Waals surface area contributed by atoms with Crippen LogP contribution in [0.1, 0.15) is 54.3 Å². The summed E-state index contributed by atoms with van der Waals surface area (Å²) < 4.78 is 11.4. The van der Waals surface area contributed by atoms with Crippen molar-refractivity contribution < 1.29 is 28.9 Å². The maximum absolute atomic E-state index is 13.5. The van der Waals surface area contributed by atoms with Crippen molar-refractivity contribution in [3.63, 3.8) is 0 Å². The van der Waals surface area contributed by atoms with Gasteiger partial charge in [-0.25, -0.2) is 0 Å². The van der Waals surface area contributed by atoms with Crippen molar-refractivity contribution in [3.8, 4) is 11.5 Å².